The summed E-state index contributed by atoms with van der Waals surface area (Å²) in [7, 11) is 0. The molecule has 2 aromatic carbocycles. The van der Waals surface area contributed by atoms with Crippen LogP contribution in [0, 0.1) is 5.82 Å². The fourth-order valence-electron chi connectivity index (χ4n) is 2.73. The van der Waals surface area contributed by atoms with E-state index in [-0.39, 0.29) is 18.3 Å². The number of amidine groups is 1. The maximum atomic E-state index is 14.0. The lowest BCUT2D eigenvalue weighted by atomic mass is 10.1. The maximum absolute atomic E-state index is 14.0. The van der Waals surface area contributed by atoms with Gasteiger partial charge in [0.2, 0.25) is 0 Å². The number of hydrogen-bond acceptors (Lipinski definition) is 3. The molecule has 0 spiro atoms. The molecule has 1 aliphatic heterocycles. The summed E-state index contributed by atoms with van der Waals surface area (Å²) in [5.74, 6) is 0.243. The van der Waals surface area contributed by atoms with E-state index in [0.717, 1.165) is 30.8 Å². The van der Waals surface area contributed by atoms with E-state index in [9.17, 15) is 9.18 Å². The molecular weight excluding hydrogens is 376 g/mol. The molecule has 0 fully saturated rings. The van der Waals surface area contributed by atoms with Crippen molar-refractivity contribution in [1.82, 2.24) is 10.6 Å². The lowest BCUT2D eigenvalue weighted by Gasteiger charge is -2.10. The largest absolute Gasteiger partial charge is 0.370 e. The number of amides is 1. The number of carbonyl (C=O) groups excluding carboxylic acids is 1. The van der Waals surface area contributed by atoms with Crippen LogP contribution in [-0.4, -0.2) is 18.3 Å². The van der Waals surface area contributed by atoms with E-state index in [2.05, 4.69) is 15.6 Å². The van der Waals surface area contributed by atoms with Gasteiger partial charge in [-0.1, -0.05) is 23.2 Å². The second-order valence-corrected chi connectivity index (χ2v) is 6.92. The van der Waals surface area contributed by atoms with Crippen LogP contribution in [0.15, 0.2) is 41.4 Å². The summed E-state index contributed by atoms with van der Waals surface area (Å²) >= 11 is 11.9. The number of carbonyl (C=O) groups is 1. The smallest absolute Gasteiger partial charge is 0.251 e. The Morgan fingerprint density at radius 1 is 1.12 bits per heavy atom. The second-order valence-electron chi connectivity index (χ2n) is 6.05. The molecule has 0 radical (unpaired) electrons. The third kappa shape index (κ3) is 4.96. The second kappa shape index (κ2) is 8.52. The normalized spacial score (nSPS) is 13.4. The minimum absolute atomic E-state index is 0.279. The van der Waals surface area contributed by atoms with Gasteiger partial charge >= 0.3 is 0 Å². The Balaban J connectivity index is 1.64. The summed E-state index contributed by atoms with van der Waals surface area (Å²) in [6.07, 6.45) is 1.89. The van der Waals surface area contributed by atoms with Crippen molar-refractivity contribution in [3.8, 4) is 0 Å². The Labute approximate surface area is 161 Å². The lowest BCUT2D eigenvalue weighted by molar-refractivity contribution is 0.0950. The van der Waals surface area contributed by atoms with Crippen LogP contribution in [0.1, 0.15) is 34.3 Å². The fraction of sp³-hybridized carbons (Fsp3) is 0.263. The first kappa shape index (κ1) is 18.7. The minimum Gasteiger partial charge on any atom is -0.370 e. The molecular formula is C19H18Cl2FN3O. The maximum Gasteiger partial charge on any atom is 0.251 e. The van der Waals surface area contributed by atoms with Gasteiger partial charge in [0.15, 0.2) is 0 Å². The van der Waals surface area contributed by atoms with Crippen LogP contribution in [0.25, 0.3) is 0 Å². The van der Waals surface area contributed by atoms with E-state index in [4.69, 9.17) is 23.2 Å². The van der Waals surface area contributed by atoms with E-state index < -0.39 is 0 Å². The fourth-order valence-corrected chi connectivity index (χ4v) is 3.30. The van der Waals surface area contributed by atoms with E-state index in [1.165, 1.54) is 12.1 Å². The molecule has 0 saturated heterocycles. The highest BCUT2D eigenvalue weighted by Gasteiger charge is 2.12. The zero-order valence-electron chi connectivity index (χ0n) is 14.0. The number of nitrogens with zero attached hydrogens (tertiary/aromatic N) is 1. The standard InChI is InChI=1S/C19H18Cl2FN3O/c20-15-6-12(7-16(21)9-15)10-25-19(26)13-3-4-17(22)14(8-13)11-24-18-2-1-5-23-18/h3-4,6-9H,1-2,5,10-11H2,(H,23,24)(H,25,26). The molecule has 1 heterocycles. The van der Waals surface area contributed by atoms with Gasteiger partial charge in [-0.25, -0.2) is 4.39 Å². The van der Waals surface area contributed by atoms with Gasteiger partial charge in [-0.2, -0.15) is 0 Å². The highest BCUT2D eigenvalue weighted by atomic mass is 35.5. The highest BCUT2D eigenvalue weighted by Crippen LogP contribution is 2.19. The topological polar surface area (TPSA) is 53.5 Å². The van der Waals surface area contributed by atoms with E-state index in [0.29, 0.717) is 27.7 Å². The van der Waals surface area contributed by atoms with Crippen molar-refractivity contribution in [3.05, 3.63) is 69.0 Å². The molecule has 0 atom stereocenters. The average Bonchev–Trinajstić information content (AvgIpc) is 3.11. The average molecular weight is 394 g/mol. The number of aliphatic imine (C=N–C) groups is 1. The molecule has 0 aromatic heterocycles. The van der Waals surface area contributed by atoms with Crippen LogP contribution in [0.2, 0.25) is 10.0 Å². The van der Waals surface area contributed by atoms with Crippen molar-refractivity contribution in [2.45, 2.75) is 25.9 Å². The molecule has 4 nitrogen and oxygen atoms in total. The van der Waals surface area contributed by atoms with E-state index in [1.807, 2.05) is 0 Å². The van der Waals surface area contributed by atoms with Crippen molar-refractivity contribution in [2.75, 3.05) is 6.54 Å². The van der Waals surface area contributed by atoms with Gasteiger partial charge in [0, 0.05) is 47.2 Å². The summed E-state index contributed by atoms with van der Waals surface area (Å²) in [6, 6.07) is 9.41. The number of halogens is 3. The van der Waals surface area contributed by atoms with Crippen LogP contribution >= 0.6 is 23.2 Å². The predicted octanol–water partition coefficient (Wildman–Crippen LogP) is 4.34. The Bertz CT molecular complexity index is 834. The molecule has 1 amide bonds. The zero-order chi connectivity index (χ0) is 18.5. The Hall–Kier alpha value is -2.11. The zero-order valence-corrected chi connectivity index (χ0v) is 15.5. The van der Waals surface area contributed by atoms with Crippen molar-refractivity contribution in [1.29, 1.82) is 0 Å². The molecule has 1 aliphatic rings. The summed E-state index contributed by atoms with van der Waals surface area (Å²) < 4.78 is 14.0. The van der Waals surface area contributed by atoms with Crippen LogP contribution in [0.5, 0.6) is 0 Å². The van der Waals surface area contributed by atoms with Gasteiger partial charge in [0.25, 0.3) is 5.91 Å². The van der Waals surface area contributed by atoms with Gasteiger partial charge in [-0.3, -0.25) is 9.79 Å². The first-order valence-corrected chi connectivity index (χ1v) is 9.05. The molecule has 2 aromatic rings. The molecule has 2 N–H and O–H groups in total. The third-order valence-electron chi connectivity index (χ3n) is 4.04. The molecule has 0 bridgehead atoms. The summed E-state index contributed by atoms with van der Waals surface area (Å²) in [5, 5.41) is 6.93. The van der Waals surface area contributed by atoms with Crippen molar-refractivity contribution in [2.24, 2.45) is 4.99 Å². The van der Waals surface area contributed by atoms with Gasteiger partial charge in [0.1, 0.15) is 5.82 Å². The van der Waals surface area contributed by atoms with Crippen LogP contribution in [0.4, 0.5) is 4.39 Å². The molecule has 0 aliphatic carbocycles. The van der Waals surface area contributed by atoms with Crippen molar-refractivity contribution in [3.63, 3.8) is 0 Å². The molecule has 0 unspecified atom stereocenters. The summed E-state index contributed by atoms with van der Waals surface area (Å²) in [6.45, 7) is 1.39. The SMILES string of the molecule is O=C(NCc1cc(Cl)cc(Cl)c1)c1ccc(F)c(CNC2=NCCC2)c1. The minimum atomic E-state index is -0.353. The Morgan fingerprint density at radius 2 is 1.88 bits per heavy atom. The van der Waals surface area contributed by atoms with Crippen LogP contribution in [-0.2, 0) is 13.1 Å². The molecule has 136 valence electrons. The highest BCUT2D eigenvalue weighted by molar-refractivity contribution is 6.34. The molecule has 7 heteroatoms. The Kier molecular flexibility index (Phi) is 6.12. The molecule has 26 heavy (non-hydrogen) atoms. The number of rotatable bonds is 5. The number of nitrogens with one attached hydrogen (secondary N) is 2. The van der Waals surface area contributed by atoms with Crippen LogP contribution in [0.3, 0.4) is 0 Å². The third-order valence-corrected chi connectivity index (χ3v) is 4.48. The first-order valence-electron chi connectivity index (χ1n) is 8.30. The predicted molar refractivity (Wildman–Crippen MR) is 102 cm³/mol. The van der Waals surface area contributed by atoms with Gasteiger partial charge < -0.3 is 10.6 Å². The quantitative estimate of drug-likeness (QED) is 0.793. The summed E-state index contributed by atoms with van der Waals surface area (Å²) in [4.78, 5) is 16.7. The van der Waals surface area contributed by atoms with Gasteiger partial charge in [0.05, 0.1) is 5.84 Å². The van der Waals surface area contributed by atoms with Crippen molar-refractivity contribution < 1.29 is 9.18 Å². The van der Waals surface area contributed by atoms with E-state index in [1.54, 1.807) is 24.3 Å². The summed E-state index contributed by atoms with van der Waals surface area (Å²) in [5.41, 5.74) is 1.61. The Morgan fingerprint density at radius 3 is 2.58 bits per heavy atom. The van der Waals surface area contributed by atoms with Gasteiger partial charge in [-0.05, 0) is 48.4 Å². The van der Waals surface area contributed by atoms with Crippen molar-refractivity contribution >= 4 is 34.9 Å². The monoisotopic (exact) mass is 393 g/mol. The first-order chi connectivity index (χ1) is 12.5. The van der Waals surface area contributed by atoms with E-state index >= 15 is 0 Å². The molecule has 3 rings (SSSR count). The van der Waals surface area contributed by atoms with Crippen LogP contribution < -0.4 is 10.6 Å². The molecule has 0 saturated carbocycles. The lowest BCUT2D eigenvalue weighted by Crippen LogP contribution is -2.24. The van der Waals surface area contributed by atoms with Gasteiger partial charge in [-0.15, -0.1) is 0 Å². The number of benzene rings is 2. The number of hydrogen-bond donors (Lipinski definition) is 2.